The van der Waals surface area contributed by atoms with E-state index in [1.165, 1.54) is 6.07 Å². The number of carbonyl (C=O) groups excluding carboxylic acids is 1. The number of hydrogen-bond donors (Lipinski definition) is 1. The zero-order valence-corrected chi connectivity index (χ0v) is 13.4. The van der Waals surface area contributed by atoms with Crippen LogP contribution in [0.3, 0.4) is 0 Å². The Bertz CT molecular complexity index is 760. The minimum Gasteiger partial charge on any atom is -0.352 e. The molecule has 1 saturated carbocycles. The van der Waals surface area contributed by atoms with Gasteiger partial charge in [0, 0.05) is 17.5 Å². The van der Waals surface area contributed by atoms with Crippen LogP contribution in [0.4, 0.5) is 13.2 Å². The fourth-order valence-electron chi connectivity index (χ4n) is 2.78. The van der Waals surface area contributed by atoms with Crippen molar-refractivity contribution in [2.75, 3.05) is 0 Å². The van der Waals surface area contributed by atoms with Crippen LogP contribution in [0.1, 0.15) is 29.0 Å². The molecule has 0 spiro atoms. The van der Waals surface area contributed by atoms with E-state index in [-0.39, 0.29) is 24.3 Å². The molecule has 126 valence electrons. The van der Waals surface area contributed by atoms with Gasteiger partial charge in [-0.15, -0.1) is 0 Å². The van der Waals surface area contributed by atoms with Crippen LogP contribution in [0, 0.1) is 5.92 Å². The maximum absolute atomic E-state index is 12.7. The minimum atomic E-state index is -4.38. The highest BCUT2D eigenvalue weighted by molar-refractivity contribution is 6.31. The van der Waals surface area contributed by atoms with Crippen LogP contribution in [-0.4, -0.2) is 5.91 Å². The van der Waals surface area contributed by atoms with Crippen molar-refractivity contribution in [3.05, 3.63) is 70.2 Å². The van der Waals surface area contributed by atoms with Gasteiger partial charge in [0.25, 0.3) is 0 Å². The minimum absolute atomic E-state index is 0.0779. The Kier molecular flexibility index (Phi) is 4.54. The van der Waals surface area contributed by atoms with Gasteiger partial charge in [0.1, 0.15) is 0 Å². The van der Waals surface area contributed by atoms with E-state index in [1.54, 1.807) is 12.1 Å². The predicted octanol–water partition coefficient (Wildman–Crippen LogP) is 4.78. The number of benzene rings is 2. The Morgan fingerprint density at radius 3 is 2.62 bits per heavy atom. The zero-order chi connectivity index (χ0) is 17.3. The van der Waals surface area contributed by atoms with Crippen molar-refractivity contribution in [1.29, 1.82) is 0 Å². The molecule has 24 heavy (non-hydrogen) atoms. The summed E-state index contributed by atoms with van der Waals surface area (Å²) in [7, 11) is 0. The van der Waals surface area contributed by atoms with Crippen molar-refractivity contribution in [2.24, 2.45) is 5.92 Å². The number of carbonyl (C=O) groups is 1. The molecule has 2 aromatic carbocycles. The summed E-state index contributed by atoms with van der Waals surface area (Å²) in [5.41, 5.74) is 0.654. The highest BCUT2D eigenvalue weighted by Gasteiger charge is 2.44. The lowest BCUT2D eigenvalue weighted by Crippen LogP contribution is -2.25. The lowest BCUT2D eigenvalue weighted by atomic mass is 10.1. The van der Waals surface area contributed by atoms with Gasteiger partial charge in [0.05, 0.1) is 5.56 Å². The summed E-state index contributed by atoms with van der Waals surface area (Å²) in [5.74, 6) is -0.242. The van der Waals surface area contributed by atoms with Gasteiger partial charge in [-0.25, -0.2) is 0 Å². The Balaban J connectivity index is 1.59. The summed E-state index contributed by atoms with van der Waals surface area (Å²) >= 11 is 6.12. The summed E-state index contributed by atoms with van der Waals surface area (Å²) in [6.45, 7) is 0.0779. The summed E-state index contributed by atoms with van der Waals surface area (Å²) in [4.78, 5) is 12.2. The van der Waals surface area contributed by atoms with E-state index in [0.29, 0.717) is 17.0 Å². The number of rotatable bonds is 4. The van der Waals surface area contributed by atoms with Gasteiger partial charge < -0.3 is 5.32 Å². The van der Waals surface area contributed by atoms with E-state index >= 15 is 0 Å². The molecule has 0 aliphatic heterocycles. The topological polar surface area (TPSA) is 29.1 Å². The fourth-order valence-corrected chi connectivity index (χ4v) is 3.06. The third-order valence-corrected chi connectivity index (χ3v) is 4.50. The average Bonchev–Trinajstić information content (AvgIpc) is 3.33. The molecule has 6 heteroatoms. The predicted molar refractivity (Wildman–Crippen MR) is 85.6 cm³/mol. The molecule has 0 aromatic heterocycles. The van der Waals surface area contributed by atoms with Crippen molar-refractivity contribution in [2.45, 2.75) is 25.1 Å². The number of nitrogens with one attached hydrogen (secondary N) is 1. The standard InChI is InChI=1S/C18H15ClF3NO/c19-16-7-2-1-6-13(16)14-9-15(14)17(24)23-10-11-4-3-5-12(8-11)18(20,21)22/h1-8,14-15H,9-10H2,(H,23,24). The second kappa shape index (κ2) is 6.48. The molecule has 1 aliphatic carbocycles. The highest BCUT2D eigenvalue weighted by atomic mass is 35.5. The first-order chi connectivity index (χ1) is 11.4. The van der Waals surface area contributed by atoms with E-state index in [9.17, 15) is 18.0 Å². The lowest BCUT2D eigenvalue weighted by Gasteiger charge is -2.10. The average molecular weight is 354 g/mol. The van der Waals surface area contributed by atoms with Crippen molar-refractivity contribution in [1.82, 2.24) is 5.32 Å². The van der Waals surface area contributed by atoms with E-state index < -0.39 is 11.7 Å². The van der Waals surface area contributed by atoms with E-state index in [1.807, 2.05) is 18.2 Å². The van der Waals surface area contributed by atoms with Gasteiger partial charge in [-0.2, -0.15) is 13.2 Å². The van der Waals surface area contributed by atoms with Crippen LogP contribution >= 0.6 is 11.6 Å². The molecule has 1 aliphatic rings. The van der Waals surface area contributed by atoms with Crippen LogP contribution in [0.2, 0.25) is 5.02 Å². The molecule has 0 bridgehead atoms. The SMILES string of the molecule is O=C(NCc1cccc(C(F)(F)F)c1)C1CC1c1ccccc1Cl. The summed E-state index contributed by atoms with van der Waals surface area (Å²) in [6, 6.07) is 12.4. The monoisotopic (exact) mass is 353 g/mol. The molecule has 0 heterocycles. The lowest BCUT2D eigenvalue weighted by molar-refractivity contribution is -0.137. The molecule has 2 unspecified atom stereocenters. The second-order valence-corrected chi connectivity index (χ2v) is 6.29. The number of halogens is 4. The summed E-state index contributed by atoms with van der Waals surface area (Å²) in [5, 5.41) is 3.34. The maximum atomic E-state index is 12.7. The molecule has 0 saturated heterocycles. The molecule has 3 rings (SSSR count). The van der Waals surface area contributed by atoms with E-state index in [2.05, 4.69) is 5.32 Å². The molecule has 2 atom stereocenters. The molecular weight excluding hydrogens is 339 g/mol. The van der Waals surface area contributed by atoms with Crippen molar-refractivity contribution in [3.8, 4) is 0 Å². The fraction of sp³-hybridized carbons (Fsp3) is 0.278. The summed E-state index contributed by atoms with van der Waals surface area (Å²) in [6.07, 6.45) is -3.68. The van der Waals surface area contributed by atoms with Crippen molar-refractivity contribution >= 4 is 17.5 Å². The first-order valence-electron chi connectivity index (χ1n) is 7.54. The first-order valence-corrected chi connectivity index (χ1v) is 7.92. The largest absolute Gasteiger partial charge is 0.416 e. The highest BCUT2D eigenvalue weighted by Crippen LogP contribution is 2.49. The Hall–Kier alpha value is -2.01. The molecule has 2 nitrogen and oxygen atoms in total. The van der Waals surface area contributed by atoms with Crippen molar-refractivity contribution in [3.63, 3.8) is 0 Å². The Labute approximate surface area is 142 Å². The van der Waals surface area contributed by atoms with E-state index in [4.69, 9.17) is 11.6 Å². The van der Waals surface area contributed by atoms with Gasteiger partial charge in [-0.1, -0.05) is 41.9 Å². The molecule has 0 radical (unpaired) electrons. The molecule has 1 amide bonds. The molecule has 1 N–H and O–H groups in total. The maximum Gasteiger partial charge on any atom is 0.416 e. The van der Waals surface area contributed by atoms with Gasteiger partial charge in [-0.3, -0.25) is 4.79 Å². The van der Waals surface area contributed by atoms with Gasteiger partial charge in [0.15, 0.2) is 0 Å². The van der Waals surface area contributed by atoms with Gasteiger partial charge in [0.2, 0.25) is 5.91 Å². The number of amides is 1. The third kappa shape index (κ3) is 3.73. The second-order valence-electron chi connectivity index (χ2n) is 5.89. The van der Waals surface area contributed by atoms with Crippen LogP contribution < -0.4 is 5.32 Å². The first kappa shape index (κ1) is 16.8. The van der Waals surface area contributed by atoms with Crippen LogP contribution in [0.25, 0.3) is 0 Å². The Morgan fingerprint density at radius 1 is 1.17 bits per heavy atom. The summed E-state index contributed by atoms with van der Waals surface area (Å²) < 4.78 is 38.0. The van der Waals surface area contributed by atoms with Gasteiger partial charge in [-0.05, 0) is 41.7 Å². The normalized spacial score (nSPS) is 19.8. The third-order valence-electron chi connectivity index (χ3n) is 4.15. The van der Waals surface area contributed by atoms with Crippen LogP contribution in [0.5, 0.6) is 0 Å². The smallest absolute Gasteiger partial charge is 0.352 e. The van der Waals surface area contributed by atoms with E-state index in [0.717, 1.165) is 17.7 Å². The Morgan fingerprint density at radius 2 is 1.92 bits per heavy atom. The number of hydrogen-bond acceptors (Lipinski definition) is 1. The van der Waals surface area contributed by atoms with Crippen LogP contribution in [0.15, 0.2) is 48.5 Å². The van der Waals surface area contributed by atoms with Crippen LogP contribution in [-0.2, 0) is 17.5 Å². The molecule has 1 fully saturated rings. The molecule has 2 aromatic rings. The number of alkyl halides is 3. The quantitative estimate of drug-likeness (QED) is 0.842. The zero-order valence-electron chi connectivity index (χ0n) is 12.6. The van der Waals surface area contributed by atoms with Gasteiger partial charge >= 0.3 is 6.18 Å². The van der Waals surface area contributed by atoms with Crippen molar-refractivity contribution < 1.29 is 18.0 Å². The molecular formula is C18H15ClF3NO.